The minimum atomic E-state index is -4.64. The van der Waals surface area contributed by atoms with E-state index >= 15 is 0 Å². The van der Waals surface area contributed by atoms with E-state index in [0.717, 1.165) is 6.07 Å². The predicted molar refractivity (Wildman–Crippen MR) is 63.4 cm³/mol. The van der Waals surface area contributed by atoms with Crippen molar-refractivity contribution in [3.05, 3.63) is 40.2 Å². The van der Waals surface area contributed by atoms with Crippen molar-refractivity contribution >= 4 is 18.8 Å². The summed E-state index contributed by atoms with van der Waals surface area (Å²) in [5.41, 5.74) is -1.67. The largest absolute Gasteiger partial charge is 0.508 e. The second-order valence-electron chi connectivity index (χ2n) is 3.53. The van der Waals surface area contributed by atoms with Crippen molar-refractivity contribution in [1.82, 2.24) is 0 Å². The number of phosphoric acid groups is 1. The number of aromatic hydroxyl groups is 1. The summed E-state index contributed by atoms with van der Waals surface area (Å²) in [6, 6.07) is 4.99. The number of phenols is 1. The van der Waals surface area contributed by atoms with E-state index in [9.17, 15) is 13.6 Å². The van der Waals surface area contributed by atoms with Crippen LogP contribution in [-0.4, -0.2) is 19.8 Å². The molecule has 1 heterocycles. The van der Waals surface area contributed by atoms with Gasteiger partial charge >= 0.3 is 13.4 Å². The van der Waals surface area contributed by atoms with E-state index < -0.39 is 25.4 Å². The van der Waals surface area contributed by atoms with Gasteiger partial charge in [0.05, 0.1) is 0 Å². The summed E-state index contributed by atoms with van der Waals surface area (Å²) in [5, 5.41) is 9.44. The van der Waals surface area contributed by atoms with Gasteiger partial charge in [-0.1, -0.05) is 0 Å². The van der Waals surface area contributed by atoms with E-state index in [1.165, 1.54) is 18.2 Å². The highest BCUT2D eigenvalue weighted by Crippen LogP contribution is 2.26. The standard InChI is InChI=1S/C10H6F2O3.H3O4P/c11-9(12)7-3-5-1-2-6(13)4-8(5)15-10(7)14;1-5(2,3)4/h1-4,9,13H;(H3,1,2,3,4). The Labute approximate surface area is 110 Å². The highest BCUT2D eigenvalue weighted by molar-refractivity contribution is 7.45. The average molecular weight is 310 g/mol. The zero-order chi connectivity index (χ0) is 15.5. The zero-order valence-electron chi connectivity index (χ0n) is 9.60. The first-order chi connectivity index (χ1) is 9.08. The summed E-state index contributed by atoms with van der Waals surface area (Å²) >= 11 is 0. The van der Waals surface area contributed by atoms with E-state index in [2.05, 4.69) is 4.42 Å². The number of alkyl halides is 2. The molecule has 1 aromatic carbocycles. The van der Waals surface area contributed by atoms with Crippen LogP contribution in [0.25, 0.3) is 11.0 Å². The Bertz CT molecular complexity index is 698. The molecule has 0 aliphatic carbocycles. The first kappa shape index (κ1) is 16.3. The van der Waals surface area contributed by atoms with Gasteiger partial charge in [0.1, 0.15) is 16.9 Å². The first-order valence-electron chi connectivity index (χ1n) is 4.91. The molecule has 0 radical (unpaired) electrons. The maximum atomic E-state index is 12.3. The number of hydrogen-bond acceptors (Lipinski definition) is 4. The lowest BCUT2D eigenvalue weighted by molar-refractivity contribution is 0.147. The second kappa shape index (κ2) is 6.10. The summed E-state index contributed by atoms with van der Waals surface area (Å²) in [6.45, 7) is 0. The van der Waals surface area contributed by atoms with Gasteiger partial charge in [0.25, 0.3) is 6.43 Å². The summed E-state index contributed by atoms with van der Waals surface area (Å²) in [6.07, 6.45) is -2.86. The second-order valence-corrected chi connectivity index (χ2v) is 4.55. The summed E-state index contributed by atoms with van der Waals surface area (Å²) in [4.78, 5) is 32.6. The summed E-state index contributed by atoms with van der Waals surface area (Å²) in [5.74, 6) is -0.0875. The molecule has 0 unspecified atom stereocenters. The lowest BCUT2D eigenvalue weighted by Gasteiger charge is -2.00. The monoisotopic (exact) mass is 310 g/mol. The molecule has 0 saturated heterocycles. The number of rotatable bonds is 1. The van der Waals surface area contributed by atoms with Gasteiger partial charge in [0.15, 0.2) is 0 Å². The van der Waals surface area contributed by atoms with Crippen LogP contribution in [0.5, 0.6) is 5.75 Å². The van der Waals surface area contributed by atoms with Crippen LogP contribution in [0.1, 0.15) is 12.0 Å². The minimum absolute atomic E-state index is 0.0874. The van der Waals surface area contributed by atoms with Crippen LogP contribution >= 0.6 is 7.82 Å². The molecule has 0 aliphatic rings. The predicted octanol–water partition coefficient (Wildman–Crippen LogP) is 1.51. The molecule has 0 amide bonds. The van der Waals surface area contributed by atoms with Gasteiger partial charge in [0.2, 0.25) is 0 Å². The molecule has 4 N–H and O–H groups in total. The third-order valence-corrected chi connectivity index (χ3v) is 1.98. The average Bonchev–Trinajstić information content (AvgIpc) is 2.25. The molecule has 2 aromatic rings. The molecule has 110 valence electrons. The van der Waals surface area contributed by atoms with Crippen LogP contribution in [0, 0.1) is 0 Å². The molecule has 0 aliphatic heterocycles. The van der Waals surface area contributed by atoms with E-state index in [1.807, 2.05) is 0 Å². The van der Waals surface area contributed by atoms with Crippen LogP contribution in [0.3, 0.4) is 0 Å². The van der Waals surface area contributed by atoms with Crippen molar-refractivity contribution in [2.45, 2.75) is 6.43 Å². The van der Waals surface area contributed by atoms with Gasteiger partial charge in [-0.3, -0.25) is 0 Å². The normalized spacial score (nSPS) is 11.3. The van der Waals surface area contributed by atoms with Gasteiger partial charge < -0.3 is 24.2 Å². The third-order valence-electron chi connectivity index (χ3n) is 1.98. The van der Waals surface area contributed by atoms with Crippen molar-refractivity contribution in [2.75, 3.05) is 0 Å². The first-order valence-corrected chi connectivity index (χ1v) is 6.47. The molecule has 0 atom stereocenters. The highest BCUT2D eigenvalue weighted by Gasteiger charge is 2.14. The molecule has 0 bridgehead atoms. The van der Waals surface area contributed by atoms with Gasteiger partial charge in [-0.2, -0.15) is 0 Å². The molecule has 0 saturated carbocycles. The van der Waals surface area contributed by atoms with Gasteiger partial charge in [-0.15, -0.1) is 0 Å². The number of phenolic OH excluding ortho intramolecular Hbond substituents is 1. The Morgan fingerprint density at radius 3 is 2.20 bits per heavy atom. The zero-order valence-corrected chi connectivity index (χ0v) is 10.5. The molecule has 10 heteroatoms. The Morgan fingerprint density at radius 1 is 1.15 bits per heavy atom. The maximum Gasteiger partial charge on any atom is 0.466 e. The van der Waals surface area contributed by atoms with Crippen LogP contribution in [0.2, 0.25) is 0 Å². The van der Waals surface area contributed by atoms with Crippen LogP contribution in [0.4, 0.5) is 8.78 Å². The van der Waals surface area contributed by atoms with E-state index in [-0.39, 0.29) is 11.3 Å². The van der Waals surface area contributed by atoms with E-state index in [1.54, 1.807) is 0 Å². The fourth-order valence-electron chi connectivity index (χ4n) is 1.27. The number of fused-ring (bicyclic) bond motifs is 1. The van der Waals surface area contributed by atoms with E-state index in [0.29, 0.717) is 5.39 Å². The Kier molecular flexibility index (Phi) is 4.96. The maximum absolute atomic E-state index is 12.3. The van der Waals surface area contributed by atoms with Gasteiger partial charge in [0, 0.05) is 11.5 Å². The molecule has 0 fully saturated rings. The molecular weight excluding hydrogens is 301 g/mol. The molecule has 7 nitrogen and oxygen atoms in total. The van der Waals surface area contributed by atoms with Crippen molar-refractivity contribution in [3.63, 3.8) is 0 Å². The molecule has 20 heavy (non-hydrogen) atoms. The highest BCUT2D eigenvalue weighted by atomic mass is 31.2. The Balaban J connectivity index is 0.000000347. The minimum Gasteiger partial charge on any atom is -0.508 e. The van der Waals surface area contributed by atoms with Crippen LogP contribution in [0.15, 0.2) is 33.5 Å². The Hall–Kier alpha value is -1.80. The van der Waals surface area contributed by atoms with Gasteiger partial charge in [-0.25, -0.2) is 18.1 Å². The van der Waals surface area contributed by atoms with Crippen molar-refractivity contribution in [3.8, 4) is 5.75 Å². The third kappa shape index (κ3) is 5.06. The Morgan fingerprint density at radius 2 is 1.70 bits per heavy atom. The number of benzene rings is 1. The summed E-state index contributed by atoms with van der Waals surface area (Å²) in [7, 11) is -4.64. The SMILES string of the molecule is O=P(O)(O)O.O=c1oc2cc(O)ccc2cc1C(F)F. The van der Waals surface area contributed by atoms with Crippen LogP contribution in [-0.2, 0) is 4.57 Å². The fourth-order valence-corrected chi connectivity index (χ4v) is 1.27. The quantitative estimate of drug-likeness (QED) is 0.464. The lowest BCUT2D eigenvalue weighted by Crippen LogP contribution is -2.06. The number of halogens is 2. The summed E-state index contributed by atoms with van der Waals surface area (Å²) < 4.78 is 38.2. The van der Waals surface area contributed by atoms with Crippen molar-refractivity contribution in [1.29, 1.82) is 0 Å². The fraction of sp³-hybridized carbons (Fsp3) is 0.100. The molecule has 0 spiro atoms. The topological polar surface area (TPSA) is 128 Å². The molecular formula is C10H9F2O7P. The van der Waals surface area contributed by atoms with Gasteiger partial charge in [-0.05, 0) is 18.2 Å². The van der Waals surface area contributed by atoms with E-state index in [4.69, 9.17) is 24.4 Å². The molecule has 2 rings (SSSR count). The molecule has 1 aromatic heterocycles. The smallest absolute Gasteiger partial charge is 0.466 e. The number of hydrogen-bond donors (Lipinski definition) is 4. The van der Waals surface area contributed by atoms with Crippen molar-refractivity contribution < 1.29 is 37.5 Å². The lowest BCUT2D eigenvalue weighted by atomic mass is 10.2. The van der Waals surface area contributed by atoms with Crippen molar-refractivity contribution in [2.24, 2.45) is 0 Å². The van der Waals surface area contributed by atoms with Crippen LogP contribution < -0.4 is 5.63 Å².